The van der Waals surface area contributed by atoms with Crippen LogP contribution in [0, 0.1) is 6.92 Å². The molecule has 3 heterocycles. The minimum atomic E-state index is 0.0318. The number of pyridine rings is 1. The molecule has 1 aliphatic heterocycles. The Hall–Kier alpha value is -2.89. The zero-order chi connectivity index (χ0) is 19.1. The number of hydrogen-bond donors (Lipinski definition) is 0. The molecule has 2 aromatic heterocycles. The number of amides is 1. The molecule has 0 N–H and O–H groups in total. The molecular weight excluding hydrogens is 352 g/mol. The van der Waals surface area contributed by atoms with Gasteiger partial charge >= 0.3 is 0 Å². The van der Waals surface area contributed by atoms with Gasteiger partial charge in [0, 0.05) is 38.2 Å². The molecule has 1 saturated carbocycles. The van der Waals surface area contributed by atoms with Gasteiger partial charge in [0.25, 0.3) is 5.91 Å². The van der Waals surface area contributed by atoms with E-state index in [4.69, 9.17) is 4.74 Å². The van der Waals surface area contributed by atoms with Crippen LogP contribution in [0.1, 0.15) is 47.6 Å². The van der Waals surface area contributed by atoms with E-state index < -0.39 is 0 Å². The molecule has 1 saturated heterocycles. The second-order valence-corrected chi connectivity index (χ2v) is 7.88. The van der Waals surface area contributed by atoms with E-state index in [0.29, 0.717) is 24.7 Å². The number of carbonyl (C=O) groups is 1. The number of likely N-dealkylation sites (tertiary alicyclic amines) is 1. The van der Waals surface area contributed by atoms with Crippen molar-refractivity contribution in [2.75, 3.05) is 13.1 Å². The number of carbonyl (C=O) groups excluding carboxylic acids is 1. The van der Waals surface area contributed by atoms with Gasteiger partial charge in [-0.05, 0) is 43.5 Å². The van der Waals surface area contributed by atoms with Gasteiger partial charge in [-0.1, -0.05) is 12.1 Å². The Balaban J connectivity index is 1.23. The molecule has 6 heteroatoms. The van der Waals surface area contributed by atoms with Crippen molar-refractivity contribution in [1.29, 1.82) is 0 Å². The van der Waals surface area contributed by atoms with Crippen molar-refractivity contribution in [3.8, 4) is 5.75 Å². The summed E-state index contributed by atoms with van der Waals surface area (Å²) in [4.78, 5) is 23.8. The molecule has 3 aromatic rings. The first-order valence-electron chi connectivity index (χ1n) is 10.0. The maximum absolute atomic E-state index is 12.9. The number of hydrogen-bond acceptors (Lipinski definition) is 4. The van der Waals surface area contributed by atoms with Crippen molar-refractivity contribution < 1.29 is 9.53 Å². The van der Waals surface area contributed by atoms with E-state index in [1.165, 1.54) is 18.4 Å². The molecule has 1 aliphatic carbocycles. The van der Waals surface area contributed by atoms with Gasteiger partial charge in [0.2, 0.25) is 0 Å². The zero-order valence-electron chi connectivity index (χ0n) is 16.0. The number of imidazole rings is 1. The van der Waals surface area contributed by atoms with Crippen LogP contribution in [0.15, 0.2) is 42.9 Å². The summed E-state index contributed by atoms with van der Waals surface area (Å²) in [6.45, 7) is 3.46. The first kappa shape index (κ1) is 17.2. The van der Waals surface area contributed by atoms with Crippen molar-refractivity contribution in [3.05, 3.63) is 54.0 Å². The van der Waals surface area contributed by atoms with Gasteiger partial charge in [0.1, 0.15) is 17.4 Å². The average molecular weight is 376 g/mol. The van der Waals surface area contributed by atoms with Gasteiger partial charge in [-0.2, -0.15) is 0 Å². The number of aromatic nitrogens is 3. The number of rotatable bonds is 4. The van der Waals surface area contributed by atoms with Crippen LogP contribution in [0.25, 0.3) is 11.2 Å². The average Bonchev–Trinajstić information content (AvgIpc) is 3.47. The van der Waals surface area contributed by atoms with Crippen molar-refractivity contribution in [2.45, 2.75) is 44.8 Å². The lowest BCUT2D eigenvalue weighted by molar-refractivity contribution is 0.0595. The molecule has 1 amide bonds. The van der Waals surface area contributed by atoms with Crippen molar-refractivity contribution in [3.63, 3.8) is 0 Å². The fourth-order valence-corrected chi connectivity index (χ4v) is 3.90. The van der Waals surface area contributed by atoms with Crippen LogP contribution in [0.3, 0.4) is 0 Å². The largest absolute Gasteiger partial charge is 0.490 e. The molecule has 0 atom stereocenters. The molecule has 0 unspecified atom stereocenters. The van der Waals surface area contributed by atoms with Crippen LogP contribution < -0.4 is 4.74 Å². The highest BCUT2D eigenvalue weighted by Gasteiger charge is 2.27. The Bertz CT molecular complexity index is 1020. The summed E-state index contributed by atoms with van der Waals surface area (Å²) in [6, 6.07) is 10.5. The molecule has 6 nitrogen and oxygen atoms in total. The highest BCUT2D eigenvalue weighted by Crippen LogP contribution is 2.36. The molecule has 5 rings (SSSR count). The van der Waals surface area contributed by atoms with Crippen LogP contribution in [0.2, 0.25) is 0 Å². The number of nitrogens with zero attached hydrogens (tertiary/aromatic N) is 4. The van der Waals surface area contributed by atoms with Crippen LogP contribution in [0.4, 0.5) is 0 Å². The van der Waals surface area contributed by atoms with Crippen molar-refractivity contribution in [1.82, 2.24) is 19.4 Å². The quantitative estimate of drug-likeness (QED) is 0.696. The third-order valence-corrected chi connectivity index (χ3v) is 5.62. The zero-order valence-corrected chi connectivity index (χ0v) is 16.0. The summed E-state index contributed by atoms with van der Waals surface area (Å²) in [7, 11) is 0. The number of piperidine rings is 1. The SMILES string of the molecule is Cc1cccc(OC2CCN(C(=O)c3cnc4c(c3)ncn4C3CC3)CC2)c1. The lowest BCUT2D eigenvalue weighted by atomic mass is 10.1. The maximum Gasteiger partial charge on any atom is 0.255 e. The van der Waals surface area contributed by atoms with Crippen LogP contribution in [-0.4, -0.2) is 44.5 Å². The Morgan fingerprint density at radius 1 is 1.11 bits per heavy atom. The minimum Gasteiger partial charge on any atom is -0.490 e. The van der Waals surface area contributed by atoms with E-state index >= 15 is 0 Å². The number of fused-ring (bicyclic) bond motifs is 1. The predicted molar refractivity (Wildman–Crippen MR) is 107 cm³/mol. The van der Waals surface area contributed by atoms with Gasteiger partial charge in [-0.15, -0.1) is 0 Å². The number of aryl methyl sites for hydroxylation is 1. The Labute approximate surface area is 164 Å². The lowest BCUT2D eigenvalue weighted by Gasteiger charge is -2.32. The van der Waals surface area contributed by atoms with Crippen LogP contribution >= 0.6 is 0 Å². The highest BCUT2D eigenvalue weighted by molar-refractivity contribution is 5.96. The van der Waals surface area contributed by atoms with E-state index in [2.05, 4.69) is 33.6 Å². The fourth-order valence-electron chi connectivity index (χ4n) is 3.90. The third-order valence-electron chi connectivity index (χ3n) is 5.62. The minimum absolute atomic E-state index is 0.0318. The van der Waals surface area contributed by atoms with E-state index in [0.717, 1.165) is 29.8 Å². The standard InChI is InChI=1S/C22H24N4O2/c1-15-3-2-4-19(11-15)28-18-7-9-25(10-8-18)22(27)16-12-20-21(23-13-16)26(14-24-20)17-5-6-17/h2-4,11-14,17-18H,5-10H2,1H3. The molecular formula is C22H24N4O2. The fraction of sp³-hybridized carbons (Fsp3) is 0.409. The molecule has 2 aliphatic rings. The van der Waals surface area contributed by atoms with Gasteiger partial charge in [-0.3, -0.25) is 4.79 Å². The van der Waals surface area contributed by atoms with Crippen molar-refractivity contribution >= 4 is 17.1 Å². The summed E-state index contributed by atoms with van der Waals surface area (Å²) in [5.41, 5.74) is 3.49. The molecule has 2 fully saturated rings. The topological polar surface area (TPSA) is 60.2 Å². The van der Waals surface area contributed by atoms with Gasteiger partial charge in [0.15, 0.2) is 5.65 Å². The van der Waals surface area contributed by atoms with E-state index in [1.807, 2.05) is 29.4 Å². The normalized spacial score (nSPS) is 17.8. The highest BCUT2D eigenvalue weighted by atomic mass is 16.5. The smallest absolute Gasteiger partial charge is 0.255 e. The Morgan fingerprint density at radius 3 is 2.68 bits per heavy atom. The molecule has 28 heavy (non-hydrogen) atoms. The molecule has 0 spiro atoms. The number of ether oxygens (including phenoxy) is 1. The van der Waals surface area contributed by atoms with Crippen molar-refractivity contribution in [2.24, 2.45) is 0 Å². The Kier molecular flexibility index (Phi) is 4.26. The summed E-state index contributed by atoms with van der Waals surface area (Å²) in [6.07, 6.45) is 7.75. The predicted octanol–water partition coefficient (Wildman–Crippen LogP) is 3.76. The lowest BCUT2D eigenvalue weighted by Crippen LogP contribution is -2.41. The second kappa shape index (κ2) is 6.93. The summed E-state index contributed by atoms with van der Waals surface area (Å²) < 4.78 is 8.22. The van der Waals surface area contributed by atoms with E-state index in [9.17, 15) is 4.79 Å². The molecule has 1 aromatic carbocycles. The second-order valence-electron chi connectivity index (χ2n) is 7.88. The van der Waals surface area contributed by atoms with Gasteiger partial charge in [0.05, 0.1) is 11.9 Å². The Morgan fingerprint density at radius 2 is 1.93 bits per heavy atom. The molecule has 0 radical (unpaired) electrons. The van der Waals surface area contributed by atoms with Gasteiger partial charge in [-0.25, -0.2) is 9.97 Å². The number of benzene rings is 1. The summed E-state index contributed by atoms with van der Waals surface area (Å²) in [5, 5.41) is 0. The first-order chi connectivity index (χ1) is 13.7. The molecule has 144 valence electrons. The molecule has 0 bridgehead atoms. The summed E-state index contributed by atoms with van der Waals surface area (Å²) >= 11 is 0. The van der Waals surface area contributed by atoms with E-state index in [1.54, 1.807) is 6.20 Å². The first-order valence-corrected chi connectivity index (χ1v) is 10.0. The maximum atomic E-state index is 12.9. The van der Waals surface area contributed by atoms with Gasteiger partial charge < -0.3 is 14.2 Å². The third kappa shape index (κ3) is 3.35. The monoisotopic (exact) mass is 376 g/mol. The van der Waals surface area contributed by atoms with Crippen LogP contribution in [-0.2, 0) is 0 Å². The summed E-state index contributed by atoms with van der Waals surface area (Å²) in [5.74, 6) is 0.940. The van der Waals surface area contributed by atoms with Crippen LogP contribution in [0.5, 0.6) is 5.75 Å². The van der Waals surface area contributed by atoms with E-state index in [-0.39, 0.29) is 12.0 Å².